The zero-order chi connectivity index (χ0) is 26.6. The van der Waals surface area contributed by atoms with Gasteiger partial charge in [0.25, 0.3) is 0 Å². The number of carbonyl (C=O) groups is 5. The first-order valence-electron chi connectivity index (χ1n) is 11.4. The summed E-state index contributed by atoms with van der Waals surface area (Å²) in [6, 6.07) is 6.40. The summed E-state index contributed by atoms with van der Waals surface area (Å²) in [4.78, 5) is 64.8. The fourth-order valence-corrected chi connectivity index (χ4v) is 4.22. The summed E-state index contributed by atoms with van der Waals surface area (Å²) in [5.41, 5.74) is -2.85. The molecular formula is C26H26O10. The molecule has 0 bridgehead atoms. The third kappa shape index (κ3) is 4.66. The van der Waals surface area contributed by atoms with Crippen molar-refractivity contribution < 1.29 is 48.4 Å². The Labute approximate surface area is 206 Å². The minimum Gasteiger partial charge on any atom is -0.507 e. The minimum absolute atomic E-state index is 0.00304. The number of phenolic OH excluding ortho intramolecular Hbond substituents is 2. The monoisotopic (exact) mass is 498 g/mol. The molecule has 0 heterocycles. The molecule has 36 heavy (non-hydrogen) atoms. The predicted molar refractivity (Wildman–Crippen MR) is 124 cm³/mol. The van der Waals surface area contributed by atoms with E-state index in [4.69, 9.17) is 14.2 Å². The SMILES string of the molecule is CCOC(=O)CC(Cc1cc(O)c2c(c1)C(=O)c1cccc(O)c1C2=O)(C(=O)OCC)C(=O)OCC. The molecule has 0 aliphatic heterocycles. The number of phenols is 2. The van der Waals surface area contributed by atoms with Gasteiger partial charge in [-0.2, -0.15) is 0 Å². The molecule has 3 rings (SSSR count). The second-order valence-corrected chi connectivity index (χ2v) is 8.08. The normalized spacial score (nSPS) is 12.4. The first kappa shape index (κ1) is 26.4. The molecule has 10 heteroatoms. The molecule has 0 atom stereocenters. The van der Waals surface area contributed by atoms with E-state index in [1.165, 1.54) is 38.1 Å². The Balaban J connectivity index is 2.15. The number of hydrogen-bond donors (Lipinski definition) is 2. The fraction of sp³-hybridized carbons (Fsp3) is 0.346. The number of benzene rings is 2. The van der Waals surface area contributed by atoms with Crippen LogP contribution in [-0.4, -0.2) is 59.5 Å². The molecule has 0 radical (unpaired) electrons. The number of ketones is 2. The fourth-order valence-electron chi connectivity index (χ4n) is 4.22. The van der Waals surface area contributed by atoms with Gasteiger partial charge in [0.1, 0.15) is 11.5 Å². The highest BCUT2D eigenvalue weighted by atomic mass is 16.6. The molecule has 0 amide bonds. The molecule has 190 valence electrons. The van der Waals surface area contributed by atoms with Gasteiger partial charge in [-0.15, -0.1) is 0 Å². The van der Waals surface area contributed by atoms with Crippen molar-refractivity contribution in [2.75, 3.05) is 19.8 Å². The molecule has 1 aliphatic carbocycles. The summed E-state index contributed by atoms with van der Waals surface area (Å²) in [6.07, 6.45) is -1.20. The third-order valence-corrected chi connectivity index (χ3v) is 5.75. The van der Waals surface area contributed by atoms with Crippen molar-refractivity contribution in [3.05, 3.63) is 58.1 Å². The van der Waals surface area contributed by atoms with Crippen molar-refractivity contribution in [2.24, 2.45) is 5.41 Å². The number of esters is 3. The van der Waals surface area contributed by atoms with Gasteiger partial charge >= 0.3 is 17.9 Å². The van der Waals surface area contributed by atoms with Crippen LogP contribution in [0.3, 0.4) is 0 Å². The molecule has 0 unspecified atom stereocenters. The lowest BCUT2D eigenvalue weighted by Gasteiger charge is -2.29. The Hall–Kier alpha value is -4.21. The van der Waals surface area contributed by atoms with E-state index in [9.17, 15) is 34.2 Å². The van der Waals surface area contributed by atoms with Crippen molar-refractivity contribution in [3.8, 4) is 11.5 Å². The van der Waals surface area contributed by atoms with Gasteiger partial charge < -0.3 is 24.4 Å². The molecule has 2 aromatic rings. The van der Waals surface area contributed by atoms with E-state index in [-0.39, 0.29) is 47.6 Å². The lowest BCUT2D eigenvalue weighted by atomic mass is 9.76. The van der Waals surface area contributed by atoms with E-state index < -0.39 is 59.2 Å². The highest BCUT2D eigenvalue weighted by Crippen LogP contribution is 2.39. The number of fused-ring (bicyclic) bond motifs is 2. The molecule has 2 aromatic carbocycles. The standard InChI is InChI=1S/C26H26O10/c1-4-34-19(29)13-26(24(32)35-5-2,25(33)36-6-3)12-14-10-16-21(18(28)11-14)23(31)20-15(22(16)30)8-7-9-17(20)27/h7-11,27-28H,4-6,12-13H2,1-3H3. The Morgan fingerprint density at radius 3 is 1.94 bits per heavy atom. The second-order valence-electron chi connectivity index (χ2n) is 8.08. The number of hydrogen-bond acceptors (Lipinski definition) is 10. The maximum Gasteiger partial charge on any atom is 0.324 e. The summed E-state index contributed by atoms with van der Waals surface area (Å²) in [5, 5.41) is 20.8. The maximum absolute atomic E-state index is 13.2. The van der Waals surface area contributed by atoms with Crippen molar-refractivity contribution in [1.82, 2.24) is 0 Å². The average Bonchev–Trinajstić information content (AvgIpc) is 2.82. The number of aromatic hydroxyl groups is 2. The smallest absolute Gasteiger partial charge is 0.324 e. The summed E-state index contributed by atoms with van der Waals surface area (Å²) >= 11 is 0. The van der Waals surface area contributed by atoms with Gasteiger partial charge in [-0.1, -0.05) is 12.1 Å². The number of rotatable bonds is 9. The van der Waals surface area contributed by atoms with Crippen LogP contribution in [0.2, 0.25) is 0 Å². The lowest BCUT2D eigenvalue weighted by Crippen LogP contribution is -2.46. The van der Waals surface area contributed by atoms with Crippen LogP contribution >= 0.6 is 0 Å². The van der Waals surface area contributed by atoms with Gasteiger partial charge in [-0.05, 0) is 51.0 Å². The van der Waals surface area contributed by atoms with E-state index in [1.54, 1.807) is 6.92 Å². The van der Waals surface area contributed by atoms with Crippen molar-refractivity contribution in [2.45, 2.75) is 33.6 Å². The summed E-state index contributed by atoms with van der Waals surface area (Å²) in [6.45, 7) is 4.44. The van der Waals surface area contributed by atoms with E-state index in [0.717, 1.165) is 6.07 Å². The van der Waals surface area contributed by atoms with E-state index >= 15 is 0 Å². The van der Waals surface area contributed by atoms with Crippen LogP contribution in [0, 0.1) is 5.41 Å². The van der Waals surface area contributed by atoms with Crippen molar-refractivity contribution >= 4 is 29.5 Å². The largest absolute Gasteiger partial charge is 0.507 e. The molecule has 0 fully saturated rings. The Kier molecular flexibility index (Phi) is 7.77. The van der Waals surface area contributed by atoms with E-state index in [0.29, 0.717) is 0 Å². The van der Waals surface area contributed by atoms with Crippen LogP contribution in [-0.2, 0) is 35.0 Å². The predicted octanol–water partition coefficient (Wildman–Crippen LogP) is 2.48. The van der Waals surface area contributed by atoms with Gasteiger partial charge in [0, 0.05) is 11.1 Å². The molecule has 0 spiro atoms. The van der Waals surface area contributed by atoms with Crippen LogP contribution < -0.4 is 0 Å². The molecule has 0 saturated carbocycles. The number of carbonyl (C=O) groups excluding carboxylic acids is 5. The Morgan fingerprint density at radius 1 is 0.778 bits per heavy atom. The highest BCUT2D eigenvalue weighted by molar-refractivity contribution is 6.30. The molecule has 1 aliphatic rings. The van der Waals surface area contributed by atoms with Gasteiger partial charge in [0.05, 0.1) is 37.4 Å². The topological polar surface area (TPSA) is 154 Å². The highest BCUT2D eigenvalue weighted by Gasteiger charge is 2.51. The molecule has 0 saturated heterocycles. The van der Waals surface area contributed by atoms with Crippen molar-refractivity contribution in [1.29, 1.82) is 0 Å². The Bertz CT molecular complexity index is 1230. The third-order valence-electron chi connectivity index (χ3n) is 5.75. The molecule has 2 N–H and O–H groups in total. The molecular weight excluding hydrogens is 472 g/mol. The van der Waals surface area contributed by atoms with Crippen molar-refractivity contribution in [3.63, 3.8) is 0 Å². The van der Waals surface area contributed by atoms with Crippen LogP contribution in [0.1, 0.15) is 64.6 Å². The van der Waals surface area contributed by atoms with E-state index in [2.05, 4.69) is 0 Å². The average molecular weight is 498 g/mol. The summed E-state index contributed by atoms with van der Waals surface area (Å²) in [7, 11) is 0. The van der Waals surface area contributed by atoms with Gasteiger partial charge in [0.2, 0.25) is 5.78 Å². The lowest BCUT2D eigenvalue weighted by molar-refractivity contribution is -0.177. The van der Waals surface area contributed by atoms with Crippen LogP contribution in [0.4, 0.5) is 0 Å². The first-order chi connectivity index (χ1) is 17.1. The quantitative estimate of drug-likeness (QED) is 0.255. The second kappa shape index (κ2) is 10.6. The van der Waals surface area contributed by atoms with Crippen LogP contribution in [0.5, 0.6) is 11.5 Å². The van der Waals surface area contributed by atoms with Crippen LogP contribution in [0.25, 0.3) is 0 Å². The summed E-state index contributed by atoms with van der Waals surface area (Å²) < 4.78 is 15.2. The first-order valence-corrected chi connectivity index (χ1v) is 11.4. The minimum atomic E-state index is -2.17. The van der Waals surface area contributed by atoms with Crippen LogP contribution in [0.15, 0.2) is 30.3 Å². The van der Waals surface area contributed by atoms with Gasteiger partial charge in [0.15, 0.2) is 11.2 Å². The maximum atomic E-state index is 13.2. The van der Waals surface area contributed by atoms with Gasteiger partial charge in [-0.25, -0.2) is 0 Å². The zero-order valence-electron chi connectivity index (χ0n) is 20.1. The molecule has 0 aromatic heterocycles. The van der Waals surface area contributed by atoms with Gasteiger partial charge in [-0.3, -0.25) is 24.0 Å². The zero-order valence-corrected chi connectivity index (χ0v) is 20.1. The number of ether oxygens (including phenoxy) is 3. The summed E-state index contributed by atoms with van der Waals surface area (Å²) in [5.74, 6) is -5.31. The van der Waals surface area contributed by atoms with E-state index in [1.807, 2.05) is 0 Å². The Morgan fingerprint density at radius 2 is 1.36 bits per heavy atom. The molecule has 10 nitrogen and oxygen atoms in total.